The molecular weight excluding hydrogens is 559 g/mol. The second kappa shape index (κ2) is 9.91. The van der Waals surface area contributed by atoms with Crippen LogP contribution < -0.4 is 10.3 Å². The normalized spacial score (nSPS) is 16.7. The average molecular weight is 578 g/mol. The van der Waals surface area contributed by atoms with Crippen molar-refractivity contribution < 1.29 is 38.0 Å². The van der Waals surface area contributed by atoms with Crippen molar-refractivity contribution in [3.8, 4) is 22.8 Å². The van der Waals surface area contributed by atoms with Gasteiger partial charge in [-0.2, -0.15) is 0 Å². The first-order valence-electron chi connectivity index (χ1n) is 11.5. The molecule has 1 aliphatic heterocycles. The Hall–Kier alpha value is -3.95. The van der Waals surface area contributed by atoms with Crippen molar-refractivity contribution in [2.24, 2.45) is 0 Å². The summed E-state index contributed by atoms with van der Waals surface area (Å²) in [6, 6.07) is 3.26. The van der Waals surface area contributed by atoms with Gasteiger partial charge in [0.2, 0.25) is 5.60 Å². The first-order chi connectivity index (χ1) is 18.8. The minimum Gasteiger partial charge on any atom is -0.485 e. The first kappa shape index (κ1) is 27.6. The van der Waals surface area contributed by atoms with Gasteiger partial charge in [0.05, 0.1) is 24.2 Å². The van der Waals surface area contributed by atoms with Crippen LogP contribution in [0.3, 0.4) is 0 Å². The molecule has 1 unspecified atom stereocenters. The predicted octanol–water partition coefficient (Wildman–Crippen LogP) is 2.21. The molecule has 1 saturated heterocycles. The quantitative estimate of drug-likeness (QED) is 0.220. The molecule has 40 heavy (non-hydrogen) atoms. The van der Waals surface area contributed by atoms with E-state index in [-0.39, 0.29) is 52.2 Å². The van der Waals surface area contributed by atoms with Crippen LogP contribution in [0.2, 0.25) is 5.02 Å². The molecule has 0 spiro atoms. The lowest BCUT2D eigenvalue weighted by Crippen LogP contribution is -2.44. The SMILES string of the molecule is Cc1cnc(-c2ccnc(C3(C(O)(O)O)CO3)n2)c(F)c1-n1c(C)cc(OCc2ncc(F)cc2F)c(Cl)c1=O. The fraction of sp³-hybridized carbons (Fsp3) is 0.240. The maximum Gasteiger partial charge on any atom is 0.316 e. The van der Waals surface area contributed by atoms with Crippen molar-refractivity contribution in [3.05, 3.63) is 92.4 Å². The third-order valence-electron chi connectivity index (χ3n) is 6.18. The number of pyridine rings is 3. The molecule has 0 aromatic carbocycles. The molecule has 4 aromatic heterocycles. The third kappa shape index (κ3) is 4.69. The van der Waals surface area contributed by atoms with E-state index in [0.717, 1.165) is 10.8 Å². The van der Waals surface area contributed by atoms with Gasteiger partial charge in [-0.3, -0.25) is 19.3 Å². The smallest absolute Gasteiger partial charge is 0.316 e. The van der Waals surface area contributed by atoms with Crippen LogP contribution in [0, 0.1) is 31.3 Å². The summed E-state index contributed by atoms with van der Waals surface area (Å²) in [5.41, 5.74) is -3.28. The van der Waals surface area contributed by atoms with Gasteiger partial charge in [-0.25, -0.2) is 23.1 Å². The minimum atomic E-state index is -3.29. The van der Waals surface area contributed by atoms with Gasteiger partial charge in [-0.15, -0.1) is 0 Å². The Morgan fingerprint density at radius 1 is 1.15 bits per heavy atom. The highest BCUT2D eigenvalue weighted by Gasteiger charge is 2.65. The number of ether oxygens (including phenoxy) is 2. The van der Waals surface area contributed by atoms with Crippen LogP contribution in [0.25, 0.3) is 17.1 Å². The summed E-state index contributed by atoms with van der Waals surface area (Å²) in [5, 5.41) is 28.5. The highest BCUT2D eigenvalue weighted by Crippen LogP contribution is 2.44. The van der Waals surface area contributed by atoms with Crippen LogP contribution in [-0.4, -0.2) is 52.4 Å². The van der Waals surface area contributed by atoms with Crippen molar-refractivity contribution in [3.63, 3.8) is 0 Å². The van der Waals surface area contributed by atoms with Crippen LogP contribution in [0.4, 0.5) is 13.2 Å². The van der Waals surface area contributed by atoms with Crippen LogP contribution in [0.5, 0.6) is 5.75 Å². The largest absolute Gasteiger partial charge is 0.485 e. The van der Waals surface area contributed by atoms with E-state index < -0.39 is 46.2 Å². The molecule has 11 nitrogen and oxygen atoms in total. The van der Waals surface area contributed by atoms with Crippen molar-refractivity contribution in [2.45, 2.75) is 32.0 Å². The number of epoxide rings is 1. The Bertz CT molecular complexity index is 1710. The van der Waals surface area contributed by atoms with Crippen molar-refractivity contribution >= 4 is 11.6 Å². The molecule has 1 fully saturated rings. The van der Waals surface area contributed by atoms with Crippen molar-refractivity contribution in [2.75, 3.05) is 6.61 Å². The van der Waals surface area contributed by atoms with Crippen LogP contribution >= 0.6 is 11.6 Å². The molecule has 3 N–H and O–H groups in total. The van der Waals surface area contributed by atoms with E-state index in [4.69, 9.17) is 21.1 Å². The molecule has 0 aliphatic carbocycles. The molecular formula is C25H19ClF3N5O6. The molecule has 1 aliphatic rings. The van der Waals surface area contributed by atoms with Gasteiger partial charge in [-0.05, 0) is 25.5 Å². The maximum atomic E-state index is 16.0. The van der Waals surface area contributed by atoms with Gasteiger partial charge in [0.25, 0.3) is 5.56 Å². The van der Waals surface area contributed by atoms with Crippen LogP contribution in [0.15, 0.2) is 41.6 Å². The standard InChI is InChI=1S/C25H19ClF3N5O6/c1-11-7-32-20(15-3-4-30-23(33-15)24(10-40-24)25(36,37)38)19(29)21(11)34-12(2)5-17(18(26)22(34)35)39-9-16-14(28)6-13(27)8-31-16/h3-8,36-38H,9-10H2,1-2H3. The Balaban J connectivity index is 1.54. The van der Waals surface area contributed by atoms with Gasteiger partial charge >= 0.3 is 5.97 Å². The number of nitrogens with zero attached hydrogens (tertiary/aromatic N) is 5. The molecule has 0 amide bonds. The van der Waals surface area contributed by atoms with Gasteiger partial charge < -0.3 is 24.8 Å². The van der Waals surface area contributed by atoms with E-state index in [1.54, 1.807) is 0 Å². The summed E-state index contributed by atoms with van der Waals surface area (Å²) >= 11 is 6.26. The van der Waals surface area contributed by atoms with E-state index in [1.165, 1.54) is 38.4 Å². The Morgan fingerprint density at radius 2 is 1.88 bits per heavy atom. The monoisotopic (exact) mass is 577 g/mol. The van der Waals surface area contributed by atoms with Gasteiger partial charge in [-0.1, -0.05) is 11.6 Å². The second-order valence-corrected chi connectivity index (χ2v) is 9.32. The van der Waals surface area contributed by atoms with Crippen LogP contribution in [0.1, 0.15) is 22.8 Å². The number of hydrogen-bond donors (Lipinski definition) is 3. The summed E-state index contributed by atoms with van der Waals surface area (Å²) < 4.78 is 54.5. The molecule has 1 atom stereocenters. The minimum absolute atomic E-state index is 0.103. The number of aromatic nitrogens is 5. The summed E-state index contributed by atoms with van der Waals surface area (Å²) in [7, 11) is 0. The summed E-state index contributed by atoms with van der Waals surface area (Å²) in [4.78, 5) is 29.0. The Kier molecular flexibility index (Phi) is 6.84. The van der Waals surface area contributed by atoms with Crippen molar-refractivity contribution in [1.82, 2.24) is 24.5 Å². The highest BCUT2D eigenvalue weighted by atomic mass is 35.5. The summed E-state index contributed by atoms with van der Waals surface area (Å²) in [6.45, 7) is 2.24. The zero-order valence-corrected chi connectivity index (χ0v) is 21.4. The lowest BCUT2D eigenvalue weighted by Gasteiger charge is -2.21. The molecule has 0 radical (unpaired) electrons. The maximum absolute atomic E-state index is 16.0. The van der Waals surface area contributed by atoms with E-state index in [9.17, 15) is 28.9 Å². The fourth-order valence-corrected chi connectivity index (χ4v) is 4.20. The number of aryl methyl sites for hydroxylation is 2. The van der Waals surface area contributed by atoms with E-state index in [2.05, 4.69) is 19.9 Å². The van der Waals surface area contributed by atoms with E-state index in [0.29, 0.717) is 6.07 Å². The first-order valence-corrected chi connectivity index (χ1v) is 11.9. The number of hydrogen-bond acceptors (Lipinski definition) is 10. The number of aliphatic hydroxyl groups is 3. The number of rotatable bonds is 7. The topological polar surface area (TPSA) is 156 Å². The van der Waals surface area contributed by atoms with Crippen LogP contribution in [-0.2, 0) is 16.9 Å². The summed E-state index contributed by atoms with van der Waals surface area (Å²) in [5.74, 6) is -6.53. The zero-order chi connectivity index (χ0) is 29.0. The lowest BCUT2D eigenvalue weighted by molar-refractivity contribution is -0.350. The fourth-order valence-electron chi connectivity index (χ4n) is 4.01. The molecule has 0 bridgehead atoms. The molecule has 15 heteroatoms. The molecule has 0 saturated carbocycles. The Labute approximate surface area is 228 Å². The van der Waals surface area contributed by atoms with E-state index in [1.807, 2.05) is 0 Å². The molecule has 5 heterocycles. The molecule has 4 aromatic rings. The number of halogens is 4. The molecule has 208 valence electrons. The predicted molar refractivity (Wildman–Crippen MR) is 131 cm³/mol. The molecule has 5 rings (SSSR count). The third-order valence-corrected chi connectivity index (χ3v) is 6.53. The van der Waals surface area contributed by atoms with E-state index >= 15 is 4.39 Å². The summed E-state index contributed by atoms with van der Waals surface area (Å²) in [6.07, 6.45) is 3.29. The van der Waals surface area contributed by atoms with Crippen molar-refractivity contribution in [1.29, 1.82) is 0 Å². The second-order valence-electron chi connectivity index (χ2n) is 8.94. The zero-order valence-electron chi connectivity index (χ0n) is 20.7. The lowest BCUT2D eigenvalue weighted by atomic mass is 10.1. The highest BCUT2D eigenvalue weighted by molar-refractivity contribution is 6.31. The van der Waals surface area contributed by atoms with Gasteiger partial charge in [0.15, 0.2) is 17.5 Å². The Morgan fingerprint density at radius 3 is 2.52 bits per heavy atom. The average Bonchev–Trinajstić information content (AvgIpc) is 3.71. The van der Waals surface area contributed by atoms with Gasteiger partial charge in [0.1, 0.15) is 34.6 Å². The van der Waals surface area contributed by atoms with Gasteiger partial charge in [0, 0.05) is 30.2 Å².